The Morgan fingerprint density at radius 3 is 2.61 bits per heavy atom. The van der Waals surface area contributed by atoms with Gasteiger partial charge in [0.05, 0.1) is 7.11 Å². The molecule has 100 valence electrons. The molecule has 1 aliphatic carbocycles. The van der Waals surface area contributed by atoms with Gasteiger partial charge in [0, 0.05) is 13.1 Å². The maximum Gasteiger partial charge on any atom is 0.348 e. The number of methoxy groups -OCH3 is 1. The molecule has 0 atom stereocenters. The van der Waals surface area contributed by atoms with E-state index in [1.165, 1.54) is 11.4 Å². The quantitative estimate of drug-likeness (QED) is 0.790. The molecule has 18 heavy (non-hydrogen) atoms. The Hall–Kier alpha value is -0.920. The highest BCUT2D eigenvalue weighted by Gasteiger charge is 2.37. The number of nitrogens with zero attached hydrogens (tertiary/aromatic N) is 1. The standard InChI is InChI=1S/C11H15NO4S2/c1-7-6-9(10(13)16-3)17-11(7)18(14,15)12(2)8-4-5-8/h6,8H,4-5H2,1-3H3. The van der Waals surface area contributed by atoms with Crippen LogP contribution in [0.25, 0.3) is 0 Å². The van der Waals surface area contributed by atoms with Crippen molar-refractivity contribution in [1.29, 1.82) is 0 Å². The van der Waals surface area contributed by atoms with Crippen molar-refractivity contribution in [2.24, 2.45) is 0 Å². The van der Waals surface area contributed by atoms with E-state index < -0.39 is 16.0 Å². The number of carbonyl (C=O) groups is 1. The summed E-state index contributed by atoms with van der Waals surface area (Å²) in [5, 5.41) is 0. The SMILES string of the molecule is COC(=O)c1cc(C)c(S(=O)(=O)N(C)C2CC2)s1. The van der Waals surface area contributed by atoms with Crippen LogP contribution in [0.3, 0.4) is 0 Å². The van der Waals surface area contributed by atoms with Crippen LogP contribution >= 0.6 is 11.3 Å². The van der Waals surface area contributed by atoms with Gasteiger partial charge in [-0.1, -0.05) is 0 Å². The number of thiophene rings is 1. The third kappa shape index (κ3) is 2.30. The molecule has 1 saturated carbocycles. The van der Waals surface area contributed by atoms with Gasteiger partial charge in [0.2, 0.25) is 0 Å². The Balaban J connectivity index is 2.38. The fraction of sp³-hybridized carbons (Fsp3) is 0.545. The van der Waals surface area contributed by atoms with Crippen molar-refractivity contribution in [3.63, 3.8) is 0 Å². The second-order valence-electron chi connectivity index (χ2n) is 4.33. The average Bonchev–Trinajstić information content (AvgIpc) is 3.09. The van der Waals surface area contributed by atoms with Crippen molar-refractivity contribution < 1.29 is 17.9 Å². The predicted octanol–water partition coefficient (Wildman–Crippen LogP) is 1.63. The predicted molar refractivity (Wildman–Crippen MR) is 68.4 cm³/mol. The van der Waals surface area contributed by atoms with Crippen LogP contribution in [0.2, 0.25) is 0 Å². The molecule has 0 aliphatic heterocycles. The Morgan fingerprint density at radius 1 is 1.50 bits per heavy atom. The monoisotopic (exact) mass is 289 g/mol. The number of esters is 1. The number of aryl methyl sites for hydroxylation is 1. The van der Waals surface area contributed by atoms with Crippen LogP contribution in [-0.2, 0) is 14.8 Å². The van der Waals surface area contributed by atoms with Crippen molar-refractivity contribution in [1.82, 2.24) is 4.31 Å². The van der Waals surface area contributed by atoms with Gasteiger partial charge in [0.15, 0.2) is 0 Å². The molecule has 0 bridgehead atoms. The van der Waals surface area contributed by atoms with E-state index in [2.05, 4.69) is 4.74 Å². The zero-order chi connectivity index (χ0) is 13.5. The smallest absolute Gasteiger partial charge is 0.348 e. The fourth-order valence-corrected chi connectivity index (χ4v) is 4.88. The Morgan fingerprint density at radius 2 is 2.11 bits per heavy atom. The highest BCUT2D eigenvalue weighted by atomic mass is 32.2. The molecule has 1 fully saturated rings. The van der Waals surface area contributed by atoms with Crippen LogP contribution in [-0.4, -0.2) is 38.9 Å². The zero-order valence-electron chi connectivity index (χ0n) is 10.5. The molecule has 1 aromatic rings. The molecular weight excluding hydrogens is 274 g/mol. The first-order chi connectivity index (χ1) is 8.37. The van der Waals surface area contributed by atoms with Crippen molar-refractivity contribution in [3.05, 3.63) is 16.5 Å². The average molecular weight is 289 g/mol. The first kappa shape index (κ1) is 13.5. The summed E-state index contributed by atoms with van der Waals surface area (Å²) in [6.07, 6.45) is 1.81. The van der Waals surface area contributed by atoms with Gasteiger partial charge in [-0.05, 0) is 31.4 Å². The molecule has 0 amide bonds. The Kier molecular flexibility index (Phi) is 3.48. The lowest BCUT2D eigenvalue weighted by Gasteiger charge is -2.15. The molecule has 5 nitrogen and oxygen atoms in total. The summed E-state index contributed by atoms with van der Waals surface area (Å²) in [6, 6.07) is 1.67. The number of ether oxygens (including phenoxy) is 1. The van der Waals surface area contributed by atoms with E-state index >= 15 is 0 Å². The summed E-state index contributed by atoms with van der Waals surface area (Å²) in [5.74, 6) is -0.501. The third-order valence-electron chi connectivity index (χ3n) is 2.93. The van der Waals surface area contributed by atoms with Crippen LogP contribution in [0, 0.1) is 6.92 Å². The fourth-order valence-electron chi connectivity index (χ4n) is 1.69. The van der Waals surface area contributed by atoms with Crippen LogP contribution in [0.5, 0.6) is 0 Å². The number of sulfonamides is 1. The molecule has 1 aliphatic rings. The van der Waals surface area contributed by atoms with E-state index in [1.54, 1.807) is 20.0 Å². The molecule has 1 heterocycles. The topological polar surface area (TPSA) is 63.7 Å². The van der Waals surface area contributed by atoms with Gasteiger partial charge >= 0.3 is 5.97 Å². The minimum atomic E-state index is -3.48. The van der Waals surface area contributed by atoms with Crippen molar-refractivity contribution in [2.45, 2.75) is 30.0 Å². The minimum absolute atomic E-state index is 0.109. The minimum Gasteiger partial charge on any atom is -0.465 e. The van der Waals surface area contributed by atoms with Gasteiger partial charge in [0.25, 0.3) is 10.0 Å². The van der Waals surface area contributed by atoms with Gasteiger partial charge in [-0.25, -0.2) is 13.2 Å². The molecule has 0 unspecified atom stereocenters. The molecule has 1 aromatic heterocycles. The highest BCUT2D eigenvalue weighted by Crippen LogP contribution is 2.35. The van der Waals surface area contributed by atoms with Crippen molar-refractivity contribution >= 4 is 27.3 Å². The summed E-state index contributed by atoms with van der Waals surface area (Å²) in [5.41, 5.74) is 0.591. The number of carbonyl (C=O) groups excluding carboxylic acids is 1. The van der Waals surface area contributed by atoms with Gasteiger partial charge in [0.1, 0.15) is 9.09 Å². The summed E-state index contributed by atoms with van der Waals surface area (Å²) in [4.78, 5) is 11.7. The molecule has 0 radical (unpaired) electrons. The van der Waals surface area contributed by atoms with Crippen molar-refractivity contribution in [2.75, 3.05) is 14.2 Å². The normalized spacial score (nSPS) is 16.0. The molecule has 7 heteroatoms. The van der Waals surface area contributed by atoms with E-state index in [4.69, 9.17) is 0 Å². The second-order valence-corrected chi connectivity index (χ2v) is 7.57. The van der Waals surface area contributed by atoms with E-state index in [-0.39, 0.29) is 10.3 Å². The van der Waals surface area contributed by atoms with E-state index in [0.29, 0.717) is 10.4 Å². The van der Waals surface area contributed by atoms with Gasteiger partial charge in [-0.2, -0.15) is 4.31 Å². The lowest BCUT2D eigenvalue weighted by atomic mass is 10.3. The Bertz CT molecular complexity index is 572. The molecular formula is C11H15NO4S2. The third-order valence-corrected chi connectivity index (χ3v) is 6.67. The first-order valence-corrected chi connectivity index (χ1v) is 7.80. The second kappa shape index (κ2) is 4.64. The van der Waals surface area contributed by atoms with Crippen LogP contribution in [0.1, 0.15) is 28.1 Å². The van der Waals surface area contributed by atoms with Crippen LogP contribution < -0.4 is 0 Å². The van der Waals surface area contributed by atoms with E-state index in [1.807, 2.05) is 0 Å². The highest BCUT2D eigenvalue weighted by molar-refractivity contribution is 7.91. The van der Waals surface area contributed by atoms with Gasteiger partial charge in [-0.3, -0.25) is 0 Å². The molecule has 0 aromatic carbocycles. The van der Waals surface area contributed by atoms with Crippen molar-refractivity contribution in [3.8, 4) is 0 Å². The maximum atomic E-state index is 12.3. The van der Waals surface area contributed by atoms with Gasteiger partial charge in [-0.15, -0.1) is 11.3 Å². The molecule has 0 saturated heterocycles. The van der Waals surface area contributed by atoms with Crippen LogP contribution in [0.15, 0.2) is 10.3 Å². The van der Waals surface area contributed by atoms with E-state index in [9.17, 15) is 13.2 Å². The summed E-state index contributed by atoms with van der Waals surface area (Å²) < 4.78 is 30.9. The zero-order valence-corrected chi connectivity index (χ0v) is 12.1. The Labute approximate surface area is 110 Å². The lowest BCUT2D eigenvalue weighted by Crippen LogP contribution is -2.28. The maximum absolute atomic E-state index is 12.3. The molecule has 0 N–H and O–H groups in total. The number of hydrogen-bond acceptors (Lipinski definition) is 5. The summed E-state index contributed by atoms with van der Waals surface area (Å²) in [6.45, 7) is 1.69. The van der Waals surface area contributed by atoms with Crippen LogP contribution in [0.4, 0.5) is 0 Å². The van der Waals surface area contributed by atoms with E-state index in [0.717, 1.165) is 24.2 Å². The lowest BCUT2D eigenvalue weighted by molar-refractivity contribution is 0.0606. The number of hydrogen-bond donors (Lipinski definition) is 0. The summed E-state index contributed by atoms with van der Waals surface area (Å²) in [7, 11) is -0.616. The first-order valence-electron chi connectivity index (χ1n) is 5.54. The van der Waals surface area contributed by atoms with Gasteiger partial charge < -0.3 is 4.74 Å². The molecule has 0 spiro atoms. The molecule has 2 rings (SSSR count). The summed E-state index contributed by atoms with van der Waals surface area (Å²) >= 11 is 0.968. The number of rotatable bonds is 4. The largest absolute Gasteiger partial charge is 0.465 e.